The van der Waals surface area contributed by atoms with Crippen LogP contribution in [0.3, 0.4) is 0 Å². The van der Waals surface area contributed by atoms with Crippen LogP contribution in [0.5, 0.6) is 0 Å². The molecule has 1 heterocycles. The summed E-state index contributed by atoms with van der Waals surface area (Å²) in [5.41, 5.74) is 5.18. The van der Waals surface area contributed by atoms with Crippen molar-refractivity contribution in [1.29, 1.82) is 0 Å². The van der Waals surface area contributed by atoms with E-state index in [9.17, 15) is 4.79 Å². The van der Waals surface area contributed by atoms with Crippen molar-refractivity contribution in [3.05, 3.63) is 82.7 Å². The van der Waals surface area contributed by atoms with Crippen LogP contribution in [0, 0.1) is 0 Å². The summed E-state index contributed by atoms with van der Waals surface area (Å²) in [7, 11) is 0. The van der Waals surface area contributed by atoms with Gasteiger partial charge >= 0.3 is 5.97 Å². The van der Waals surface area contributed by atoms with Crippen molar-refractivity contribution in [3.8, 4) is 10.4 Å². The van der Waals surface area contributed by atoms with Gasteiger partial charge in [0.15, 0.2) is 0 Å². The van der Waals surface area contributed by atoms with Crippen molar-refractivity contribution in [3.63, 3.8) is 0 Å². The molecule has 1 aromatic heterocycles. The lowest BCUT2D eigenvalue weighted by Crippen LogP contribution is -2.17. The van der Waals surface area contributed by atoms with Gasteiger partial charge in [0.2, 0.25) is 0 Å². The third kappa shape index (κ3) is 6.55. The number of aliphatic carboxylic acids is 1. The first-order valence-electron chi connectivity index (χ1n) is 9.43. The number of thiophene rings is 1. The SMILES string of the molecule is CC(=NOCc1ccc(-c2cccs2)cc1)c1ccc(CNCCC(=O)O)cc1. The Morgan fingerprint density at radius 2 is 1.79 bits per heavy atom. The van der Waals surface area contributed by atoms with Crippen LogP contribution in [0.4, 0.5) is 0 Å². The lowest BCUT2D eigenvalue weighted by Gasteiger charge is -2.06. The zero-order valence-electron chi connectivity index (χ0n) is 16.3. The van der Waals surface area contributed by atoms with Crippen LogP contribution in [-0.2, 0) is 22.8 Å². The topological polar surface area (TPSA) is 70.9 Å². The van der Waals surface area contributed by atoms with Crippen LogP contribution < -0.4 is 5.32 Å². The van der Waals surface area contributed by atoms with Crippen molar-refractivity contribution in [2.75, 3.05) is 6.54 Å². The minimum Gasteiger partial charge on any atom is -0.481 e. The molecule has 150 valence electrons. The fourth-order valence-corrected chi connectivity index (χ4v) is 3.49. The summed E-state index contributed by atoms with van der Waals surface area (Å²) in [4.78, 5) is 17.3. The fourth-order valence-electron chi connectivity index (χ4n) is 2.76. The normalized spacial score (nSPS) is 11.4. The molecule has 0 radical (unpaired) electrons. The Morgan fingerprint density at radius 3 is 2.45 bits per heavy atom. The molecule has 5 nitrogen and oxygen atoms in total. The van der Waals surface area contributed by atoms with E-state index < -0.39 is 5.97 Å². The number of rotatable bonds is 10. The Balaban J connectivity index is 1.47. The second-order valence-corrected chi connectivity index (χ2v) is 7.59. The third-order valence-corrected chi connectivity index (χ3v) is 5.33. The number of carboxylic acids is 1. The first-order valence-corrected chi connectivity index (χ1v) is 10.3. The quantitative estimate of drug-likeness (QED) is 0.284. The molecule has 3 aromatic rings. The van der Waals surface area contributed by atoms with Crippen LogP contribution in [0.15, 0.2) is 71.2 Å². The summed E-state index contributed by atoms with van der Waals surface area (Å²) >= 11 is 1.73. The van der Waals surface area contributed by atoms with Gasteiger partial charge in [-0.25, -0.2) is 0 Å². The molecule has 2 aromatic carbocycles. The van der Waals surface area contributed by atoms with Crippen LogP contribution in [0.2, 0.25) is 0 Å². The molecule has 6 heteroatoms. The average Bonchev–Trinajstić information content (AvgIpc) is 3.27. The summed E-state index contributed by atoms with van der Waals surface area (Å²) in [5, 5.41) is 18.1. The Morgan fingerprint density at radius 1 is 1.07 bits per heavy atom. The summed E-state index contributed by atoms with van der Waals surface area (Å²) in [6.45, 7) is 3.44. The first kappa shape index (κ1) is 20.8. The minimum absolute atomic E-state index is 0.123. The Labute approximate surface area is 174 Å². The van der Waals surface area contributed by atoms with Gasteiger partial charge in [0.25, 0.3) is 0 Å². The maximum absolute atomic E-state index is 10.5. The summed E-state index contributed by atoms with van der Waals surface area (Å²) < 4.78 is 0. The summed E-state index contributed by atoms with van der Waals surface area (Å²) in [5.74, 6) is -0.793. The molecular formula is C23H24N2O3S. The number of nitrogens with zero attached hydrogens (tertiary/aromatic N) is 1. The first-order chi connectivity index (χ1) is 14.1. The molecule has 0 spiro atoms. The van der Waals surface area contributed by atoms with E-state index in [0.717, 1.165) is 22.4 Å². The van der Waals surface area contributed by atoms with Crippen molar-refractivity contribution < 1.29 is 14.7 Å². The number of carbonyl (C=O) groups is 1. The molecule has 29 heavy (non-hydrogen) atoms. The van der Waals surface area contributed by atoms with E-state index in [1.807, 2.05) is 31.2 Å². The molecule has 0 aliphatic carbocycles. The van der Waals surface area contributed by atoms with Gasteiger partial charge in [-0.3, -0.25) is 4.79 Å². The van der Waals surface area contributed by atoms with E-state index in [-0.39, 0.29) is 6.42 Å². The van der Waals surface area contributed by atoms with Gasteiger partial charge in [0.05, 0.1) is 12.1 Å². The second-order valence-electron chi connectivity index (χ2n) is 6.64. The fraction of sp³-hybridized carbons (Fsp3) is 0.217. The molecule has 0 aliphatic heterocycles. The van der Waals surface area contributed by atoms with Gasteiger partial charge in [-0.1, -0.05) is 59.8 Å². The number of hydrogen-bond acceptors (Lipinski definition) is 5. The summed E-state index contributed by atoms with van der Waals surface area (Å²) in [6.07, 6.45) is 0.123. The minimum atomic E-state index is -0.793. The Kier molecular flexibility index (Phi) is 7.55. The lowest BCUT2D eigenvalue weighted by molar-refractivity contribution is -0.136. The Hall–Kier alpha value is -2.96. The van der Waals surface area contributed by atoms with Crippen LogP contribution >= 0.6 is 11.3 Å². The van der Waals surface area contributed by atoms with E-state index >= 15 is 0 Å². The number of carboxylic acid groups (broad SMARTS) is 1. The molecule has 0 aliphatic rings. The highest BCUT2D eigenvalue weighted by atomic mass is 32.1. The van der Waals surface area contributed by atoms with Gasteiger partial charge < -0.3 is 15.3 Å². The van der Waals surface area contributed by atoms with Crippen LogP contribution in [-0.4, -0.2) is 23.3 Å². The van der Waals surface area contributed by atoms with Gasteiger partial charge in [-0.05, 0) is 40.6 Å². The maximum atomic E-state index is 10.5. The maximum Gasteiger partial charge on any atom is 0.304 e. The standard InChI is InChI=1S/C23H24N2O3S/c1-17(20-8-4-18(5-9-20)15-24-13-12-23(26)27)25-28-16-19-6-10-21(11-7-19)22-3-2-14-29-22/h2-11,14,24H,12-13,15-16H2,1H3,(H,26,27). The molecule has 0 atom stereocenters. The second kappa shape index (κ2) is 10.5. The molecule has 2 N–H and O–H groups in total. The smallest absolute Gasteiger partial charge is 0.304 e. The number of benzene rings is 2. The highest BCUT2D eigenvalue weighted by Gasteiger charge is 2.02. The van der Waals surface area contributed by atoms with Crippen molar-refractivity contribution in [1.82, 2.24) is 5.32 Å². The Bertz CT molecular complexity index is 933. The molecule has 0 fully saturated rings. The largest absolute Gasteiger partial charge is 0.481 e. The van der Waals surface area contributed by atoms with E-state index in [2.05, 4.69) is 52.3 Å². The predicted molar refractivity (Wildman–Crippen MR) is 117 cm³/mol. The molecule has 0 saturated carbocycles. The van der Waals surface area contributed by atoms with Gasteiger partial charge in [-0.15, -0.1) is 11.3 Å². The number of oxime groups is 1. The van der Waals surface area contributed by atoms with E-state index in [0.29, 0.717) is 19.7 Å². The predicted octanol–water partition coefficient (Wildman–Crippen LogP) is 4.92. The van der Waals surface area contributed by atoms with E-state index in [4.69, 9.17) is 9.94 Å². The van der Waals surface area contributed by atoms with E-state index in [1.165, 1.54) is 10.4 Å². The third-order valence-electron chi connectivity index (χ3n) is 4.41. The number of hydrogen-bond donors (Lipinski definition) is 2. The van der Waals surface area contributed by atoms with Gasteiger partial charge in [-0.2, -0.15) is 0 Å². The average molecular weight is 409 g/mol. The molecule has 3 rings (SSSR count). The zero-order chi connectivity index (χ0) is 20.5. The molecule has 0 unspecified atom stereocenters. The van der Waals surface area contributed by atoms with Gasteiger partial charge in [0.1, 0.15) is 6.61 Å². The molecule has 0 amide bonds. The van der Waals surface area contributed by atoms with Crippen LogP contribution in [0.25, 0.3) is 10.4 Å². The highest BCUT2D eigenvalue weighted by molar-refractivity contribution is 7.13. The highest BCUT2D eigenvalue weighted by Crippen LogP contribution is 2.24. The van der Waals surface area contributed by atoms with Crippen LogP contribution in [0.1, 0.15) is 30.0 Å². The molecular weight excluding hydrogens is 384 g/mol. The van der Waals surface area contributed by atoms with Gasteiger partial charge in [0, 0.05) is 18.0 Å². The van der Waals surface area contributed by atoms with Crippen molar-refractivity contribution >= 4 is 23.0 Å². The lowest BCUT2D eigenvalue weighted by atomic mass is 10.1. The monoisotopic (exact) mass is 408 g/mol. The number of nitrogens with one attached hydrogen (secondary N) is 1. The molecule has 0 saturated heterocycles. The summed E-state index contributed by atoms with van der Waals surface area (Å²) in [6, 6.07) is 20.5. The molecule has 0 bridgehead atoms. The van der Waals surface area contributed by atoms with Crippen molar-refractivity contribution in [2.24, 2.45) is 5.16 Å². The van der Waals surface area contributed by atoms with Crippen molar-refractivity contribution in [2.45, 2.75) is 26.5 Å². The van der Waals surface area contributed by atoms with E-state index in [1.54, 1.807) is 11.3 Å². The zero-order valence-corrected chi connectivity index (χ0v) is 17.1.